The molecule has 0 bridgehead atoms. The lowest BCUT2D eigenvalue weighted by Gasteiger charge is -2.32. The zero-order valence-electron chi connectivity index (χ0n) is 9.87. The fraction of sp³-hybridized carbons (Fsp3) is 0.750. The van der Waals surface area contributed by atoms with E-state index in [1.54, 1.807) is 11.3 Å². The Hall–Kier alpha value is -0.450. The number of thiazole rings is 1. The van der Waals surface area contributed by atoms with Gasteiger partial charge in [0.15, 0.2) is 0 Å². The van der Waals surface area contributed by atoms with E-state index >= 15 is 0 Å². The van der Waals surface area contributed by atoms with Crippen molar-refractivity contribution >= 4 is 11.3 Å². The zero-order chi connectivity index (χ0) is 11.4. The molecule has 3 nitrogen and oxygen atoms in total. The molecule has 4 heteroatoms. The first-order valence-corrected chi connectivity index (χ1v) is 6.84. The molecule has 1 aliphatic rings. The van der Waals surface area contributed by atoms with E-state index in [9.17, 15) is 0 Å². The Kier molecular flexibility index (Phi) is 3.95. The van der Waals surface area contributed by atoms with Gasteiger partial charge in [0.05, 0.1) is 23.9 Å². The Morgan fingerprint density at radius 3 is 2.81 bits per heavy atom. The fourth-order valence-electron chi connectivity index (χ4n) is 2.23. The second-order valence-electron chi connectivity index (χ2n) is 4.77. The first-order valence-electron chi connectivity index (χ1n) is 5.96. The number of hydrogen-bond donors (Lipinski definition) is 1. The highest BCUT2D eigenvalue weighted by molar-refractivity contribution is 7.09. The fourth-order valence-corrected chi connectivity index (χ4v) is 2.83. The Bertz CT molecular complexity index is 332. The number of nitrogens with zero attached hydrogens (tertiary/aromatic N) is 1. The van der Waals surface area contributed by atoms with Crippen molar-refractivity contribution in [3.63, 3.8) is 0 Å². The molecule has 2 N–H and O–H groups in total. The van der Waals surface area contributed by atoms with Crippen LogP contribution < -0.4 is 5.73 Å². The highest BCUT2D eigenvalue weighted by atomic mass is 32.1. The van der Waals surface area contributed by atoms with Crippen LogP contribution in [0.3, 0.4) is 0 Å². The predicted molar refractivity (Wildman–Crippen MR) is 66.5 cm³/mol. The lowest BCUT2D eigenvalue weighted by Crippen LogP contribution is -2.46. The quantitative estimate of drug-likeness (QED) is 0.880. The molecule has 1 saturated carbocycles. The van der Waals surface area contributed by atoms with Crippen LogP contribution in [0, 0.1) is 6.92 Å². The van der Waals surface area contributed by atoms with Gasteiger partial charge in [-0.1, -0.05) is 19.3 Å². The number of aryl methyl sites for hydroxylation is 1. The van der Waals surface area contributed by atoms with E-state index in [4.69, 9.17) is 10.5 Å². The van der Waals surface area contributed by atoms with Gasteiger partial charge in [-0.05, 0) is 19.8 Å². The zero-order valence-corrected chi connectivity index (χ0v) is 10.7. The molecule has 1 heterocycles. The number of hydrogen-bond acceptors (Lipinski definition) is 4. The van der Waals surface area contributed by atoms with Crippen LogP contribution in [-0.2, 0) is 11.3 Å². The topological polar surface area (TPSA) is 48.1 Å². The Labute approximate surface area is 101 Å². The van der Waals surface area contributed by atoms with Gasteiger partial charge in [0.1, 0.15) is 0 Å². The maximum absolute atomic E-state index is 6.29. The van der Waals surface area contributed by atoms with Gasteiger partial charge in [-0.2, -0.15) is 0 Å². The minimum atomic E-state index is -0.0800. The lowest BCUT2D eigenvalue weighted by atomic mass is 9.83. The minimum Gasteiger partial charge on any atom is -0.373 e. The van der Waals surface area contributed by atoms with Crippen LogP contribution in [0.25, 0.3) is 0 Å². The third kappa shape index (κ3) is 3.27. The van der Waals surface area contributed by atoms with Gasteiger partial charge >= 0.3 is 0 Å². The van der Waals surface area contributed by atoms with Crippen molar-refractivity contribution in [2.24, 2.45) is 5.73 Å². The van der Waals surface area contributed by atoms with Crippen LogP contribution in [0.5, 0.6) is 0 Å². The Balaban J connectivity index is 1.74. The number of aromatic nitrogens is 1. The summed E-state index contributed by atoms with van der Waals surface area (Å²) in [6, 6.07) is 0. The predicted octanol–water partition coefficient (Wildman–Crippen LogP) is 2.63. The molecule has 1 fully saturated rings. The van der Waals surface area contributed by atoms with Gasteiger partial charge in [-0.15, -0.1) is 11.3 Å². The third-order valence-corrected chi connectivity index (χ3v) is 3.98. The van der Waals surface area contributed by atoms with Crippen molar-refractivity contribution in [2.45, 2.75) is 51.2 Å². The molecule has 0 unspecified atom stereocenters. The molecular weight excluding hydrogens is 220 g/mol. The van der Waals surface area contributed by atoms with Crippen LogP contribution in [0.4, 0.5) is 0 Å². The van der Waals surface area contributed by atoms with Crippen LogP contribution >= 0.6 is 11.3 Å². The van der Waals surface area contributed by atoms with Crippen LogP contribution in [0.1, 0.15) is 42.8 Å². The molecule has 0 atom stereocenters. The van der Waals surface area contributed by atoms with Crippen LogP contribution in [0.15, 0.2) is 5.38 Å². The minimum absolute atomic E-state index is 0.0800. The molecule has 0 aromatic carbocycles. The molecule has 0 saturated heterocycles. The SMILES string of the molecule is Cc1nc(COCC2(N)CCCCC2)cs1. The van der Waals surface area contributed by atoms with E-state index in [1.165, 1.54) is 19.3 Å². The number of ether oxygens (including phenoxy) is 1. The maximum Gasteiger partial charge on any atom is 0.0898 e. The van der Waals surface area contributed by atoms with Crippen molar-refractivity contribution < 1.29 is 4.74 Å². The van der Waals surface area contributed by atoms with Gasteiger partial charge in [-0.25, -0.2) is 4.98 Å². The second-order valence-corrected chi connectivity index (χ2v) is 5.84. The van der Waals surface area contributed by atoms with Crippen LogP contribution in [-0.4, -0.2) is 17.1 Å². The van der Waals surface area contributed by atoms with E-state index in [1.807, 2.05) is 6.92 Å². The first kappa shape index (κ1) is 12.0. The summed E-state index contributed by atoms with van der Waals surface area (Å²) in [5, 5.41) is 3.15. The van der Waals surface area contributed by atoms with Gasteiger partial charge in [0.25, 0.3) is 0 Å². The van der Waals surface area contributed by atoms with Crippen molar-refractivity contribution in [1.82, 2.24) is 4.98 Å². The Morgan fingerprint density at radius 2 is 2.19 bits per heavy atom. The largest absolute Gasteiger partial charge is 0.373 e. The molecule has 1 aromatic heterocycles. The van der Waals surface area contributed by atoms with E-state index < -0.39 is 0 Å². The smallest absolute Gasteiger partial charge is 0.0898 e. The van der Waals surface area contributed by atoms with E-state index in [2.05, 4.69) is 10.4 Å². The molecule has 0 amide bonds. The van der Waals surface area contributed by atoms with Crippen LogP contribution in [0.2, 0.25) is 0 Å². The van der Waals surface area contributed by atoms with Gasteiger partial charge < -0.3 is 10.5 Å². The molecule has 2 rings (SSSR count). The van der Waals surface area contributed by atoms with Crippen molar-refractivity contribution in [1.29, 1.82) is 0 Å². The Morgan fingerprint density at radius 1 is 1.44 bits per heavy atom. The molecule has 1 aromatic rings. The lowest BCUT2D eigenvalue weighted by molar-refractivity contribution is 0.0560. The van der Waals surface area contributed by atoms with Gasteiger partial charge in [0, 0.05) is 10.9 Å². The van der Waals surface area contributed by atoms with Crippen molar-refractivity contribution in [3.8, 4) is 0 Å². The number of rotatable bonds is 4. The molecule has 16 heavy (non-hydrogen) atoms. The third-order valence-electron chi connectivity index (χ3n) is 3.16. The van der Waals surface area contributed by atoms with E-state index in [-0.39, 0.29) is 5.54 Å². The summed E-state index contributed by atoms with van der Waals surface area (Å²) in [4.78, 5) is 4.37. The van der Waals surface area contributed by atoms with Crippen molar-refractivity contribution in [2.75, 3.05) is 6.61 Å². The highest BCUT2D eigenvalue weighted by Crippen LogP contribution is 2.26. The summed E-state index contributed by atoms with van der Waals surface area (Å²) in [6.07, 6.45) is 6.02. The summed E-state index contributed by atoms with van der Waals surface area (Å²) in [5.74, 6) is 0. The maximum atomic E-state index is 6.29. The normalized spacial score (nSPS) is 19.9. The van der Waals surface area contributed by atoms with Gasteiger partial charge in [0.2, 0.25) is 0 Å². The molecule has 90 valence electrons. The average molecular weight is 240 g/mol. The summed E-state index contributed by atoms with van der Waals surface area (Å²) >= 11 is 1.67. The monoisotopic (exact) mass is 240 g/mol. The first-order chi connectivity index (χ1) is 7.68. The molecule has 1 aliphatic carbocycles. The molecule has 0 radical (unpaired) electrons. The van der Waals surface area contributed by atoms with E-state index in [0.29, 0.717) is 13.2 Å². The number of nitrogens with two attached hydrogens (primary N) is 1. The van der Waals surface area contributed by atoms with E-state index in [0.717, 1.165) is 23.5 Å². The van der Waals surface area contributed by atoms with Gasteiger partial charge in [-0.3, -0.25) is 0 Å². The summed E-state index contributed by atoms with van der Waals surface area (Å²) in [5.41, 5.74) is 7.24. The summed E-state index contributed by atoms with van der Waals surface area (Å²) in [6.45, 7) is 3.28. The summed E-state index contributed by atoms with van der Waals surface area (Å²) in [7, 11) is 0. The molecular formula is C12H20N2OS. The summed E-state index contributed by atoms with van der Waals surface area (Å²) < 4.78 is 5.69. The highest BCUT2D eigenvalue weighted by Gasteiger charge is 2.27. The molecule has 0 spiro atoms. The van der Waals surface area contributed by atoms with Crippen molar-refractivity contribution in [3.05, 3.63) is 16.1 Å². The standard InChI is InChI=1S/C12H20N2OS/c1-10-14-11(8-16-10)7-15-9-12(13)5-3-2-4-6-12/h8H,2-7,9,13H2,1H3. The average Bonchev–Trinajstić information content (AvgIpc) is 2.65. The molecule has 0 aliphatic heterocycles. The second kappa shape index (κ2) is 5.25.